The van der Waals surface area contributed by atoms with Gasteiger partial charge in [-0.25, -0.2) is 0 Å². The molecule has 0 aliphatic carbocycles. The Bertz CT molecular complexity index is 2870. The summed E-state index contributed by atoms with van der Waals surface area (Å²) in [5.74, 6) is 0. The first-order valence-electron chi connectivity index (χ1n) is 17.6. The van der Waals surface area contributed by atoms with Crippen LogP contribution < -0.4 is 0 Å². The Kier molecular flexibility index (Phi) is 9.99. The van der Waals surface area contributed by atoms with Gasteiger partial charge in [0.25, 0.3) is 0 Å². The summed E-state index contributed by atoms with van der Waals surface area (Å²) in [6, 6.07) is 36.1. The van der Waals surface area contributed by atoms with Crippen LogP contribution >= 0.6 is 45.9 Å². The van der Waals surface area contributed by atoms with Gasteiger partial charge in [-0.3, -0.25) is 9.97 Å². The van der Waals surface area contributed by atoms with Gasteiger partial charge in [-0.1, -0.05) is 81.9 Å². The van der Waals surface area contributed by atoms with E-state index in [2.05, 4.69) is 107 Å². The summed E-state index contributed by atoms with van der Waals surface area (Å²) in [4.78, 5) is 10.6. The van der Waals surface area contributed by atoms with Gasteiger partial charge in [0.05, 0.1) is 34.2 Å². The van der Waals surface area contributed by atoms with Crippen LogP contribution in [0.15, 0.2) is 122 Å². The Labute approximate surface area is 333 Å². The molecule has 0 saturated heterocycles. The molecule has 54 heavy (non-hydrogen) atoms. The third-order valence-corrected chi connectivity index (χ3v) is 12.3. The summed E-state index contributed by atoms with van der Waals surface area (Å²) >= 11 is 16.0. The van der Waals surface area contributed by atoms with Gasteiger partial charge in [0, 0.05) is 53.9 Å². The molecule has 9 aromatic rings. The zero-order valence-electron chi connectivity index (χ0n) is 30.5. The van der Waals surface area contributed by atoms with E-state index in [1.54, 1.807) is 24.7 Å². The van der Waals surface area contributed by atoms with Crippen molar-refractivity contribution in [1.82, 2.24) is 9.97 Å². The Morgan fingerprint density at radius 1 is 0.537 bits per heavy atom. The van der Waals surface area contributed by atoms with Crippen LogP contribution in [0.3, 0.4) is 0 Å². The van der Waals surface area contributed by atoms with Gasteiger partial charge in [-0.05, 0) is 128 Å². The van der Waals surface area contributed by atoms with E-state index in [0.717, 1.165) is 33.1 Å². The van der Waals surface area contributed by atoms with Crippen molar-refractivity contribution in [1.29, 1.82) is 0 Å². The van der Waals surface area contributed by atoms with Crippen LogP contribution in [0.1, 0.15) is 27.8 Å². The fourth-order valence-corrected chi connectivity index (χ4v) is 10.1. The highest BCUT2D eigenvalue weighted by Gasteiger charge is 2.15. The molecule has 0 atom stereocenters. The molecule has 0 amide bonds. The first-order valence-corrected chi connectivity index (χ1v) is 20.0. The van der Waals surface area contributed by atoms with Crippen molar-refractivity contribution in [2.24, 2.45) is 0 Å². The number of nitrogens with zero attached hydrogens (tertiary/aromatic N) is 2. The highest BCUT2D eigenvalue weighted by Crippen LogP contribution is 2.43. The van der Waals surface area contributed by atoms with Crippen molar-refractivity contribution in [3.8, 4) is 33.0 Å². The summed E-state index contributed by atoms with van der Waals surface area (Å²) in [6.07, 6.45) is 7.42. The predicted molar refractivity (Wildman–Crippen MR) is 236 cm³/mol. The molecule has 0 aliphatic heterocycles. The number of aromatic nitrogens is 2. The van der Waals surface area contributed by atoms with Crippen molar-refractivity contribution in [3.63, 3.8) is 0 Å². The van der Waals surface area contributed by atoms with Crippen LogP contribution in [0.5, 0.6) is 0 Å². The molecule has 5 aromatic carbocycles. The summed E-state index contributed by atoms with van der Waals surface area (Å²) in [7, 11) is 1.64. The number of hydrogen-bond donors (Lipinski definition) is 0. The maximum Gasteiger partial charge on any atom is 0.0880 e. The molecular formula is C47H36Cl2N2OS2. The van der Waals surface area contributed by atoms with E-state index in [-0.39, 0.29) is 0 Å². The van der Waals surface area contributed by atoms with E-state index in [1.165, 1.54) is 73.7 Å². The van der Waals surface area contributed by atoms with Crippen LogP contribution in [0, 0.1) is 27.7 Å². The Hall–Kier alpha value is -5.04. The molecule has 3 nitrogen and oxygen atoms in total. The minimum Gasteiger partial charge on any atom is -0.504 e. The Morgan fingerprint density at radius 2 is 1.13 bits per heavy atom. The largest absolute Gasteiger partial charge is 0.504 e. The quantitative estimate of drug-likeness (QED) is 0.163. The van der Waals surface area contributed by atoms with Gasteiger partial charge in [0.15, 0.2) is 0 Å². The molecule has 4 heterocycles. The maximum absolute atomic E-state index is 6.22. The number of thiophene rings is 2. The van der Waals surface area contributed by atoms with Crippen molar-refractivity contribution in [3.05, 3.63) is 160 Å². The molecule has 7 heteroatoms. The summed E-state index contributed by atoms with van der Waals surface area (Å²) in [5.41, 5.74) is 11.6. The molecule has 4 aromatic heterocycles. The average Bonchev–Trinajstić information content (AvgIpc) is 3.75. The summed E-state index contributed by atoms with van der Waals surface area (Å²) in [6.45, 7) is 8.52. The Morgan fingerprint density at radius 3 is 1.81 bits per heavy atom. The SMILES string of the molecule is COC=Cc1cc(Cl)ccc1-c1cc2ccnc(-c3cc(C)cc(C)c3)c2s1.Cc1cc(C)cc(-c2nccc3c2sc2c4ccc(Cl)cc4ccc32)c1. The van der Waals surface area contributed by atoms with Crippen molar-refractivity contribution in [2.45, 2.75) is 27.7 Å². The normalized spacial score (nSPS) is 11.5. The molecule has 0 unspecified atom stereocenters. The highest BCUT2D eigenvalue weighted by molar-refractivity contribution is 7.27. The highest BCUT2D eigenvalue weighted by atomic mass is 35.5. The third kappa shape index (κ3) is 7.13. The zero-order valence-corrected chi connectivity index (χ0v) is 33.6. The fourth-order valence-electron chi connectivity index (χ4n) is 7.23. The first kappa shape index (κ1) is 36.0. The topological polar surface area (TPSA) is 35.0 Å². The van der Waals surface area contributed by atoms with Crippen LogP contribution in [0.25, 0.3) is 80.1 Å². The Balaban J connectivity index is 0.000000153. The number of pyridine rings is 2. The molecule has 9 rings (SSSR count). The van der Waals surface area contributed by atoms with E-state index < -0.39 is 0 Å². The maximum atomic E-state index is 6.22. The fraction of sp³-hybridized carbons (Fsp3) is 0.106. The van der Waals surface area contributed by atoms with Gasteiger partial charge in [-0.15, -0.1) is 22.7 Å². The molecule has 0 bridgehead atoms. The molecular weight excluding hydrogens is 744 g/mol. The number of rotatable bonds is 5. The van der Waals surface area contributed by atoms with Crippen LogP contribution in [-0.4, -0.2) is 17.1 Å². The summed E-state index contributed by atoms with van der Waals surface area (Å²) < 4.78 is 8.84. The lowest BCUT2D eigenvalue weighted by molar-refractivity contribution is 0.341. The van der Waals surface area contributed by atoms with Gasteiger partial charge in [0.1, 0.15) is 0 Å². The van der Waals surface area contributed by atoms with Crippen LogP contribution in [0.4, 0.5) is 0 Å². The van der Waals surface area contributed by atoms with E-state index in [9.17, 15) is 0 Å². The smallest absolute Gasteiger partial charge is 0.0880 e. The second-order valence-electron chi connectivity index (χ2n) is 13.7. The predicted octanol–water partition coefficient (Wildman–Crippen LogP) is 15.1. The number of methoxy groups -OCH3 is 1. The minimum absolute atomic E-state index is 0.707. The minimum atomic E-state index is 0.707. The molecule has 0 spiro atoms. The van der Waals surface area contributed by atoms with Gasteiger partial charge in [0.2, 0.25) is 0 Å². The summed E-state index contributed by atoms with van der Waals surface area (Å²) in [5, 5.41) is 7.66. The molecule has 0 radical (unpaired) electrons. The van der Waals surface area contributed by atoms with Crippen LogP contribution in [-0.2, 0) is 4.74 Å². The number of benzene rings is 5. The molecule has 266 valence electrons. The number of hydrogen-bond acceptors (Lipinski definition) is 5. The third-order valence-electron chi connectivity index (χ3n) is 9.42. The van der Waals surface area contributed by atoms with Crippen molar-refractivity contribution >= 4 is 93.0 Å². The molecule has 0 aliphatic rings. The van der Waals surface area contributed by atoms with E-state index in [1.807, 2.05) is 54.1 Å². The number of halogens is 2. The second kappa shape index (κ2) is 15.0. The van der Waals surface area contributed by atoms with Crippen LogP contribution in [0.2, 0.25) is 10.0 Å². The van der Waals surface area contributed by atoms with Gasteiger partial charge < -0.3 is 4.74 Å². The van der Waals surface area contributed by atoms with Gasteiger partial charge >= 0.3 is 0 Å². The first-order chi connectivity index (χ1) is 26.1. The monoisotopic (exact) mass is 778 g/mol. The van der Waals surface area contributed by atoms with E-state index in [4.69, 9.17) is 37.9 Å². The second-order valence-corrected chi connectivity index (χ2v) is 16.6. The molecule has 0 N–H and O–H groups in total. The lowest BCUT2D eigenvalue weighted by Crippen LogP contribution is -1.86. The number of ether oxygens (including phenoxy) is 1. The zero-order chi connectivity index (χ0) is 37.5. The number of fused-ring (bicyclic) bond motifs is 6. The molecule has 0 saturated carbocycles. The van der Waals surface area contributed by atoms with E-state index >= 15 is 0 Å². The lowest BCUT2D eigenvalue weighted by Gasteiger charge is -2.06. The average molecular weight is 780 g/mol. The van der Waals surface area contributed by atoms with Crippen molar-refractivity contribution in [2.75, 3.05) is 7.11 Å². The molecule has 0 fully saturated rings. The standard InChI is InChI=1S/C24H20ClNOS.C23H16ClNS/c1-15-10-16(2)12-19(11-15)23-24-18(6-8-26-23)14-22(28-24)21-5-4-20(25)13-17(21)7-9-27-3;1-13-9-14(2)11-16(10-13)21-23-20(7-8-25-21)19-5-3-15-12-17(24)4-6-18(15)22(19)26-23/h4-14H,1-3H3;3-12H,1-2H3. The van der Waals surface area contributed by atoms with E-state index in [0.29, 0.717) is 5.02 Å². The number of aryl methyl sites for hydroxylation is 4. The van der Waals surface area contributed by atoms with Crippen molar-refractivity contribution < 1.29 is 4.74 Å². The lowest BCUT2D eigenvalue weighted by atomic mass is 10.0. The van der Waals surface area contributed by atoms with Gasteiger partial charge in [-0.2, -0.15) is 0 Å².